The third-order valence-corrected chi connectivity index (χ3v) is 5.33. The first-order valence-corrected chi connectivity index (χ1v) is 7.63. The highest BCUT2D eigenvalue weighted by Crippen LogP contribution is 2.16. The van der Waals surface area contributed by atoms with Crippen LogP contribution in [0.25, 0.3) is 0 Å². The molecule has 0 bridgehead atoms. The van der Waals surface area contributed by atoms with Crippen molar-refractivity contribution in [2.45, 2.75) is 57.7 Å². The van der Waals surface area contributed by atoms with Crippen molar-refractivity contribution in [1.82, 2.24) is 5.32 Å². The van der Waals surface area contributed by atoms with Crippen molar-refractivity contribution >= 4 is 9.84 Å². The minimum Gasteiger partial charge on any atom is -0.316 e. The standard InChI is InChI=1S/C11H25NO2S/c1-5-8-10(12-4)11(7-3)15(13,14)9-6-2/h10-12H,5-9H2,1-4H3. The molecule has 4 heteroatoms. The Balaban J connectivity index is 4.71. The Bertz CT molecular complexity index is 249. The highest BCUT2D eigenvalue weighted by molar-refractivity contribution is 7.92. The van der Waals surface area contributed by atoms with Gasteiger partial charge in [-0.25, -0.2) is 8.42 Å². The first kappa shape index (κ1) is 14.9. The Kier molecular flexibility index (Phi) is 7.18. The number of sulfone groups is 1. The molecule has 0 saturated heterocycles. The molecule has 0 saturated carbocycles. The third kappa shape index (κ3) is 4.51. The highest BCUT2D eigenvalue weighted by Gasteiger charge is 2.29. The molecule has 0 rings (SSSR count). The van der Waals surface area contributed by atoms with Gasteiger partial charge < -0.3 is 5.32 Å². The maximum atomic E-state index is 12.0. The average Bonchev–Trinajstić information content (AvgIpc) is 2.17. The Morgan fingerprint density at radius 3 is 2.07 bits per heavy atom. The SMILES string of the molecule is CCCC(NC)C(CC)S(=O)(=O)CCC. The lowest BCUT2D eigenvalue weighted by Crippen LogP contribution is -2.43. The Labute approximate surface area is 94.6 Å². The second kappa shape index (κ2) is 7.23. The molecule has 0 amide bonds. The van der Waals surface area contributed by atoms with Gasteiger partial charge in [-0.2, -0.15) is 0 Å². The van der Waals surface area contributed by atoms with Crippen LogP contribution in [0.3, 0.4) is 0 Å². The summed E-state index contributed by atoms with van der Waals surface area (Å²) in [6, 6.07) is 0.108. The van der Waals surface area contributed by atoms with Crippen molar-refractivity contribution in [2.24, 2.45) is 0 Å². The van der Waals surface area contributed by atoms with E-state index in [1.54, 1.807) is 0 Å². The molecule has 0 aromatic carbocycles. The van der Waals surface area contributed by atoms with E-state index in [4.69, 9.17) is 0 Å². The first-order chi connectivity index (χ1) is 7.03. The van der Waals surface area contributed by atoms with Gasteiger partial charge in [0.2, 0.25) is 0 Å². The van der Waals surface area contributed by atoms with Crippen LogP contribution >= 0.6 is 0 Å². The van der Waals surface area contributed by atoms with Crippen molar-refractivity contribution in [1.29, 1.82) is 0 Å². The molecule has 92 valence electrons. The molecule has 0 aliphatic rings. The number of hydrogen-bond acceptors (Lipinski definition) is 3. The lowest BCUT2D eigenvalue weighted by molar-refractivity contribution is 0.464. The normalized spacial score (nSPS) is 16.3. The summed E-state index contributed by atoms with van der Waals surface area (Å²) < 4.78 is 24.0. The molecule has 0 aromatic rings. The highest BCUT2D eigenvalue weighted by atomic mass is 32.2. The summed E-state index contributed by atoms with van der Waals surface area (Å²) in [5, 5.41) is 2.92. The molecule has 0 fully saturated rings. The molecule has 0 radical (unpaired) electrons. The molecule has 0 aliphatic carbocycles. The summed E-state index contributed by atoms with van der Waals surface area (Å²) in [6.45, 7) is 5.96. The van der Waals surface area contributed by atoms with Crippen LogP contribution in [-0.4, -0.2) is 32.5 Å². The lowest BCUT2D eigenvalue weighted by atomic mass is 10.1. The average molecular weight is 235 g/mol. The smallest absolute Gasteiger partial charge is 0.154 e. The predicted molar refractivity (Wildman–Crippen MR) is 65.9 cm³/mol. The topological polar surface area (TPSA) is 46.2 Å². The van der Waals surface area contributed by atoms with E-state index in [2.05, 4.69) is 12.2 Å². The van der Waals surface area contributed by atoms with Crippen molar-refractivity contribution in [3.63, 3.8) is 0 Å². The van der Waals surface area contributed by atoms with Gasteiger partial charge in [-0.3, -0.25) is 0 Å². The molecule has 0 spiro atoms. The monoisotopic (exact) mass is 235 g/mol. The second-order valence-corrected chi connectivity index (χ2v) is 6.34. The van der Waals surface area contributed by atoms with Gasteiger partial charge in [-0.05, 0) is 26.3 Å². The van der Waals surface area contributed by atoms with Gasteiger partial charge in [0.1, 0.15) is 0 Å². The van der Waals surface area contributed by atoms with E-state index in [-0.39, 0.29) is 11.3 Å². The molecule has 0 heterocycles. The van der Waals surface area contributed by atoms with Crippen LogP contribution in [0.15, 0.2) is 0 Å². The lowest BCUT2D eigenvalue weighted by Gasteiger charge is -2.25. The van der Waals surface area contributed by atoms with Crippen LogP contribution < -0.4 is 5.32 Å². The molecule has 2 atom stereocenters. The van der Waals surface area contributed by atoms with E-state index in [1.165, 1.54) is 0 Å². The minimum atomic E-state index is -2.92. The Hall–Kier alpha value is -0.0900. The molecule has 3 nitrogen and oxygen atoms in total. The number of rotatable bonds is 8. The molecule has 15 heavy (non-hydrogen) atoms. The van der Waals surface area contributed by atoms with Gasteiger partial charge in [-0.15, -0.1) is 0 Å². The fourth-order valence-corrected chi connectivity index (χ4v) is 4.20. The van der Waals surface area contributed by atoms with E-state index in [0.717, 1.165) is 12.8 Å². The summed E-state index contributed by atoms with van der Waals surface area (Å²) >= 11 is 0. The van der Waals surface area contributed by atoms with Gasteiger partial charge in [-0.1, -0.05) is 27.2 Å². The van der Waals surface area contributed by atoms with Crippen molar-refractivity contribution < 1.29 is 8.42 Å². The summed E-state index contributed by atoms with van der Waals surface area (Å²) in [4.78, 5) is 0. The van der Waals surface area contributed by atoms with Crippen LogP contribution in [0.2, 0.25) is 0 Å². The molecule has 0 aromatic heterocycles. The fraction of sp³-hybridized carbons (Fsp3) is 1.00. The summed E-state index contributed by atoms with van der Waals surface area (Å²) in [6.07, 6.45) is 3.36. The summed E-state index contributed by atoms with van der Waals surface area (Å²) in [5.74, 6) is 0.313. The first-order valence-electron chi connectivity index (χ1n) is 5.92. The molecule has 2 unspecified atom stereocenters. The van der Waals surface area contributed by atoms with Crippen LogP contribution in [-0.2, 0) is 9.84 Å². The van der Waals surface area contributed by atoms with Gasteiger partial charge in [0, 0.05) is 6.04 Å². The zero-order valence-corrected chi connectivity index (χ0v) is 11.2. The van der Waals surface area contributed by atoms with Crippen LogP contribution in [0.5, 0.6) is 0 Å². The Morgan fingerprint density at radius 2 is 1.73 bits per heavy atom. The fourth-order valence-electron chi connectivity index (χ4n) is 2.05. The summed E-state index contributed by atoms with van der Waals surface area (Å²) in [5.41, 5.74) is 0. The van der Waals surface area contributed by atoms with E-state index in [9.17, 15) is 8.42 Å². The van der Waals surface area contributed by atoms with Crippen molar-refractivity contribution in [3.8, 4) is 0 Å². The van der Waals surface area contributed by atoms with Crippen LogP contribution in [0, 0.1) is 0 Å². The van der Waals surface area contributed by atoms with Crippen molar-refractivity contribution in [2.75, 3.05) is 12.8 Å². The second-order valence-electron chi connectivity index (χ2n) is 4.00. The summed E-state index contributed by atoms with van der Waals surface area (Å²) in [7, 11) is -1.07. The van der Waals surface area contributed by atoms with Gasteiger partial charge >= 0.3 is 0 Å². The number of hydrogen-bond donors (Lipinski definition) is 1. The molecular weight excluding hydrogens is 210 g/mol. The van der Waals surface area contributed by atoms with Gasteiger partial charge in [0.05, 0.1) is 11.0 Å². The van der Waals surface area contributed by atoms with E-state index < -0.39 is 9.84 Å². The molecule has 0 aliphatic heterocycles. The van der Waals surface area contributed by atoms with Crippen LogP contribution in [0.4, 0.5) is 0 Å². The number of nitrogens with one attached hydrogen (secondary N) is 1. The largest absolute Gasteiger partial charge is 0.316 e. The predicted octanol–water partition coefficient (Wildman–Crippen LogP) is 1.98. The van der Waals surface area contributed by atoms with E-state index in [0.29, 0.717) is 18.6 Å². The third-order valence-electron chi connectivity index (χ3n) is 2.77. The van der Waals surface area contributed by atoms with Crippen LogP contribution in [0.1, 0.15) is 46.5 Å². The van der Waals surface area contributed by atoms with Gasteiger partial charge in [0.15, 0.2) is 9.84 Å². The van der Waals surface area contributed by atoms with E-state index in [1.807, 2.05) is 20.9 Å². The maximum absolute atomic E-state index is 12.0. The maximum Gasteiger partial charge on any atom is 0.154 e. The van der Waals surface area contributed by atoms with Crippen molar-refractivity contribution in [3.05, 3.63) is 0 Å². The quantitative estimate of drug-likeness (QED) is 0.700. The van der Waals surface area contributed by atoms with Gasteiger partial charge in [0.25, 0.3) is 0 Å². The zero-order chi connectivity index (χ0) is 11.9. The molecular formula is C11H25NO2S. The Morgan fingerprint density at radius 1 is 1.13 bits per heavy atom. The minimum absolute atomic E-state index is 0.108. The van der Waals surface area contributed by atoms with E-state index >= 15 is 0 Å². The zero-order valence-electron chi connectivity index (χ0n) is 10.4. The molecule has 1 N–H and O–H groups in total.